The summed E-state index contributed by atoms with van der Waals surface area (Å²) in [5.74, 6) is 1.33. The van der Waals surface area contributed by atoms with E-state index in [2.05, 4.69) is 33.6 Å². The Morgan fingerprint density at radius 3 is 2.76 bits per heavy atom. The summed E-state index contributed by atoms with van der Waals surface area (Å²) < 4.78 is 5.14. The van der Waals surface area contributed by atoms with E-state index in [0.29, 0.717) is 25.6 Å². The quantitative estimate of drug-likeness (QED) is 0.832. The number of fused-ring (bicyclic) bond motifs is 1. The summed E-state index contributed by atoms with van der Waals surface area (Å²) in [5, 5.41) is 9.96. The second-order valence-electron chi connectivity index (χ2n) is 7.62. The van der Waals surface area contributed by atoms with E-state index >= 15 is 0 Å². The third-order valence-corrected chi connectivity index (χ3v) is 5.48. The number of methoxy groups -OCH3 is 1. The molecule has 7 heteroatoms. The van der Waals surface area contributed by atoms with Crippen molar-refractivity contribution in [3.63, 3.8) is 0 Å². The molecule has 0 radical (unpaired) electrons. The normalized spacial score (nSPS) is 26.4. The zero-order valence-corrected chi connectivity index (χ0v) is 15.5. The Morgan fingerprint density at radius 2 is 2.16 bits per heavy atom. The molecule has 2 aliphatic heterocycles. The van der Waals surface area contributed by atoms with Gasteiger partial charge in [-0.15, -0.1) is 0 Å². The molecule has 3 rings (SSSR count). The monoisotopic (exact) mass is 348 g/mol. The first-order chi connectivity index (χ1) is 11.9. The van der Waals surface area contributed by atoms with Crippen LogP contribution in [0.15, 0.2) is 6.07 Å². The van der Waals surface area contributed by atoms with Crippen LogP contribution < -0.4 is 4.90 Å². The zero-order chi connectivity index (χ0) is 18.2. The molecule has 7 nitrogen and oxygen atoms in total. The standard InChI is InChI=1S/C18H28N4O3/c1-12(2)15-7-16(20-13(3)19-15)22-9-14-8-21(5-6-25-4)10-18(14,11-22)17(23)24/h7,12,14H,5-6,8-11H2,1-4H3,(H,23,24)/t14-,18-/m1/s1. The Hall–Kier alpha value is -1.73. The maximum Gasteiger partial charge on any atom is 0.313 e. The number of carbonyl (C=O) groups is 1. The van der Waals surface area contributed by atoms with E-state index < -0.39 is 11.4 Å². The number of rotatable bonds is 6. The Morgan fingerprint density at radius 1 is 1.40 bits per heavy atom. The molecule has 0 saturated carbocycles. The fourth-order valence-corrected chi connectivity index (χ4v) is 4.07. The third kappa shape index (κ3) is 3.35. The van der Waals surface area contributed by atoms with Gasteiger partial charge in [-0.05, 0) is 12.8 Å². The number of nitrogens with zero attached hydrogens (tertiary/aromatic N) is 4. The molecule has 0 amide bonds. The molecule has 2 aliphatic rings. The van der Waals surface area contributed by atoms with Crippen LogP contribution in [0.2, 0.25) is 0 Å². The Kier molecular flexibility index (Phi) is 4.97. The van der Waals surface area contributed by atoms with Gasteiger partial charge in [-0.25, -0.2) is 9.97 Å². The van der Waals surface area contributed by atoms with Crippen LogP contribution in [0, 0.1) is 18.3 Å². The van der Waals surface area contributed by atoms with Crippen LogP contribution in [0.4, 0.5) is 5.82 Å². The third-order valence-electron chi connectivity index (χ3n) is 5.48. The number of carboxylic acid groups (broad SMARTS) is 1. The molecule has 0 unspecified atom stereocenters. The van der Waals surface area contributed by atoms with Gasteiger partial charge in [0.2, 0.25) is 0 Å². The van der Waals surface area contributed by atoms with E-state index in [9.17, 15) is 9.90 Å². The van der Waals surface area contributed by atoms with Gasteiger partial charge in [0.15, 0.2) is 0 Å². The Balaban J connectivity index is 1.82. The maximum absolute atomic E-state index is 12.1. The highest BCUT2D eigenvalue weighted by atomic mass is 16.5. The number of aromatic nitrogens is 2. The number of hydrogen-bond acceptors (Lipinski definition) is 6. The first-order valence-electron chi connectivity index (χ1n) is 8.91. The highest BCUT2D eigenvalue weighted by molar-refractivity contribution is 5.78. The number of aryl methyl sites for hydroxylation is 1. The van der Waals surface area contributed by atoms with Crippen LogP contribution in [-0.4, -0.2) is 72.4 Å². The van der Waals surface area contributed by atoms with Crippen molar-refractivity contribution in [2.45, 2.75) is 26.7 Å². The highest BCUT2D eigenvalue weighted by Gasteiger charge is 2.57. The van der Waals surface area contributed by atoms with E-state index in [0.717, 1.165) is 37.0 Å². The molecule has 0 aliphatic carbocycles. The molecule has 0 spiro atoms. The van der Waals surface area contributed by atoms with Crippen LogP contribution in [-0.2, 0) is 9.53 Å². The molecule has 2 fully saturated rings. The summed E-state index contributed by atoms with van der Waals surface area (Å²) in [6, 6.07) is 2.01. The van der Waals surface area contributed by atoms with Gasteiger partial charge in [-0.2, -0.15) is 0 Å². The molecular weight excluding hydrogens is 320 g/mol. The van der Waals surface area contributed by atoms with Crippen molar-refractivity contribution >= 4 is 11.8 Å². The number of likely N-dealkylation sites (tertiary alicyclic amines) is 1. The van der Waals surface area contributed by atoms with E-state index in [1.54, 1.807) is 7.11 Å². The van der Waals surface area contributed by atoms with Gasteiger partial charge < -0.3 is 14.7 Å². The van der Waals surface area contributed by atoms with Crippen molar-refractivity contribution in [3.05, 3.63) is 17.6 Å². The summed E-state index contributed by atoms with van der Waals surface area (Å²) in [6.45, 7) is 10.1. The van der Waals surface area contributed by atoms with Crippen molar-refractivity contribution in [1.82, 2.24) is 14.9 Å². The smallest absolute Gasteiger partial charge is 0.313 e. The van der Waals surface area contributed by atoms with Gasteiger partial charge in [0.25, 0.3) is 0 Å². The van der Waals surface area contributed by atoms with Gasteiger partial charge in [-0.1, -0.05) is 13.8 Å². The molecule has 2 atom stereocenters. The van der Waals surface area contributed by atoms with Crippen molar-refractivity contribution in [3.8, 4) is 0 Å². The van der Waals surface area contributed by atoms with Crippen molar-refractivity contribution < 1.29 is 14.6 Å². The lowest BCUT2D eigenvalue weighted by atomic mass is 9.81. The van der Waals surface area contributed by atoms with E-state index in [4.69, 9.17) is 4.74 Å². The fraction of sp³-hybridized carbons (Fsp3) is 0.722. The van der Waals surface area contributed by atoms with Crippen LogP contribution in [0.1, 0.15) is 31.3 Å². The summed E-state index contributed by atoms with van der Waals surface area (Å²) >= 11 is 0. The summed E-state index contributed by atoms with van der Waals surface area (Å²) in [7, 11) is 1.68. The van der Waals surface area contributed by atoms with Gasteiger partial charge >= 0.3 is 5.97 Å². The number of aliphatic carboxylic acids is 1. The van der Waals surface area contributed by atoms with Crippen LogP contribution in [0.3, 0.4) is 0 Å². The lowest BCUT2D eigenvalue weighted by molar-refractivity contribution is -0.148. The molecule has 138 valence electrons. The average molecular weight is 348 g/mol. The zero-order valence-electron chi connectivity index (χ0n) is 15.5. The molecule has 0 bridgehead atoms. The van der Waals surface area contributed by atoms with Crippen LogP contribution in [0.25, 0.3) is 0 Å². The molecule has 25 heavy (non-hydrogen) atoms. The average Bonchev–Trinajstić information content (AvgIpc) is 3.07. The van der Waals surface area contributed by atoms with E-state index in [-0.39, 0.29) is 5.92 Å². The molecule has 2 saturated heterocycles. The SMILES string of the molecule is COCCN1C[C@@H]2CN(c3cc(C(C)C)nc(C)n3)C[C@]2(C(=O)O)C1. The van der Waals surface area contributed by atoms with Gasteiger partial charge in [0, 0.05) is 57.5 Å². The second kappa shape index (κ2) is 6.88. The minimum Gasteiger partial charge on any atom is -0.481 e. The molecular formula is C18H28N4O3. The molecule has 1 aromatic rings. The van der Waals surface area contributed by atoms with Gasteiger partial charge in [-0.3, -0.25) is 9.69 Å². The van der Waals surface area contributed by atoms with Crippen molar-refractivity contribution in [1.29, 1.82) is 0 Å². The maximum atomic E-state index is 12.1. The van der Waals surface area contributed by atoms with Crippen LogP contribution >= 0.6 is 0 Å². The first-order valence-corrected chi connectivity index (χ1v) is 8.91. The lowest BCUT2D eigenvalue weighted by Crippen LogP contribution is -2.41. The van der Waals surface area contributed by atoms with Crippen molar-refractivity contribution in [2.24, 2.45) is 11.3 Å². The predicted molar refractivity (Wildman–Crippen MR) is 94.9 cm³/mol. The molecule has 3 heterocycles. The number of hydrogen-bond donors (Lipinski definition) is 1. The van der Waals surface area contributed by atoms with Gasteiger partial charge in [0.1, 0.15) is 17.1 Å². The number of ether oxygens (including phenoxy) is 1. The molecule has 1 aromatic heterocycles. The Bertz CT molecular complexity index is 651. The minimum atomic E-state index is -0.718. The topological polar surface area (TPSA) is 78.8 Å². The summed E-state index contributed by atoms with van der Waals surface area (Å²) in [5.41, 5.74) is 0.288. The van der Waals surface area contributed by atoms with Crippen molar-refractivity contribution in [2.75, 3.05) is 51.3 Å². The Labute approximate surface area is 149 Å². The van der Waals surface area contributed by atoms with E-state index in [1.165, 1.54) is 0 Å². The predicted octanol–water partition coefficient (Wildman–Crippen LogP) is 1.38. The lowest BCUT2D eigenvalue weighted by Gasteiger charge is -2.26. The molecule has 0 aromatic carbocycles. The summed E-state index contributed by atoms with van der Waals surface area (Å²) in [6.07, 6.45) is 0. The van der Waals surface area contributed by atoms with Crippen LogP contribution in [0.5, 0.6) is 0 Å². The van der Waals surface area contributed by atoms with E-state index in [1.807, 2.05) is 13.0 Å². The number of carboxylic acids is 1. The molecule has 1 N–H and O–H groups in total. The second-order valence-corrected chi connectivity index (χ2v) is 7.62. The highest BCUT2D eigenvalue weighted by Crippen LogP contribution is 2.44. The summed E-state index contributed by atoms with van der Waals surface area (Å²) in [4.78, 5) is 25.5. The van der Waals surface area contributed by atoms with Gasteiger partial charge in [0.05, 0.1) is 6.61 Å². The minimum absolute atomic E-state index is 0.111. The number of anilines is 1. The fourth-order valence-electron chi connectivity index (χ4n) is 4.07. The first kappa shape index (κ1) is 18.1. The largest absolute Gasteiger partial charge is 0.481 e.